The van der Waals surface area contributed by atoms with Crippen molar-refractivity contribution in [2.75, 3.05) is 0 Å². The average Bonchev–Trinajstić information content (AvgIpc) is 2.86. The average molecular weight is 255 g/mol. The number of hydrogen-bond acceptors (Lipinski definition) is 6. The van der Waals surface area contributed by atoms with Crippen molar-refractivity contribution in [2.24, 2.45) is 0 Å². The summed E-state index contributed by atoms with van der Waals surface area (Å²) in [7, 11) is 0. The highest BCUT2D eigenvalue weighted by atomic mass is 32.1. The predicted octanol–water partition coefficient (Wildman–Crippen LogP) is 2.39. The molecule has 0 aliphatic carbocycles. The van der Waals surface area contributed by atoms with Gasteiger partial charge in [0.2, 0.25) is 0 Å². The first-order valence-electron chi connectivity index (χ1n) is 5.06. The van der Waals surface area contributed by atoms with Crippen LogP contribution in [0.3, 0.4) is 0 Å². The molecule has 0 aromatic carbocycles. The lowest BCUT2D eigenvalue weighted by atomic mass is 10.1. The molecule has 2 aromatic heterocycles. The molecule has 2 aromatic rings. The zero-order chi connectivity index (χ0) is 11.5. The Labute approximate surface area is 102 Å². The van der Waals surface area contributed by atoms with E-state index in [1.165, 1.54) is 11.5 Å². The third-order valence-corrected chi connectivity index (χ3v) is 3.91. The van der Waals surface area contributed by atoms with Crippen LogP contribution in [0, 0.1) is 0 Å². The highest BCUT2D eigenvalue weighted by Gasteiger charge is 2.19. The van der Waals surface area contributed by atoms with Gasteiger partial charge in [-0.2, -0.15) is 0 Å². The van der Waals surface area contributed by atoms with E-state index < -0.39 is 6.10 Å². The van der Waals surface area contributed by atoms with Crippen LogP contribution in [0.15, 0.2) is 11.7 Å². The van der Waals surface area contributed by atoms with Crippen molar-refractivity contribution >= 4 is 22.9 Å². The van der Waals surface area contributed by atoms with Crippen molar-refractivity contribution in [2.45, 2.75) is 32.3 Å². The Balaban J connectivity index is 2.14. The van der Waals surface area contributed by atoms with Crippen LogP contribution in [-0.4, -0.2) is 19.7 Å². The first-order chi connectivity index (χ1) is 7.68. The minimum Gasteiger partial charge on any atom is -0.387 e. The van der Waals surface area contributed by atoms with Crippen LogP contribution in [0.1, 0.15) is 41.3 Å². The van der Waals surface area contributed by atoms with Gasteiger partial charge >= 0.3 is 0 Å². The minimum atomic E-state index is -0.516. The van der Waals surface area contributed by atoms with E-state index in [9.17, 15) is 5.11 Å². The van der Waals surface area contributed by atoms with Gasteiger partial charge in [-0.25, -0.2) is 0 Å². The molecule has 0 radical (unpaired) electrons. The molecule has 0 aliphatic rings. The molecule has 0 amide bonds. The molecule has 0 bridgehead atoms. The van der Waals surface area contributed by atoms with Crippen molar-refractivity contribution < 1.29 is 5.11 Å². The van der Waals surface area contributed by atoms with Crippen LogP contribution >= 0.6 is 22.9 Å². The number of aliphatic hydroxyl groups excluding tert-OH is 1. The summed E-state index contributed by atoms with van der Waals surface area (Å²) in [6.45, 7) is 4.11. The van der Waals surface area contributed by atoms with Crippen LogP contribution in [0.25, 0.3) is 0 Å². The summed E-state index contributed by atoms with van der Waals surface area (Å²) in [6.07, 6.45) is 1.86. The highest BCUT2D eigenvalue weighted by Crippen LogP contribution is 2.28. The Hall–Kier alpha value is -0.850. The Kier molecular flexibility index (Phi) is 3.63. The van der Waals surface area contributed by atoms with Gasteiger partial charge < -0.3 is 5.11 Å². The van der Waals surface area contributed by atoms with E-state index in [1.54, 1.807) is 23.0 Å². The number of aromatic nitrogens is 3. The van der Waals surface area contributed by atoms with E-state index >= 15 is 0 Å². The van der Waals surface area contributed by atoms with Crippen molar-refractivity contribution in [3.8, 4) is 0 Å². The van der Waals surface area contributed by atoms with Gasteiger partial charge in [-0.1, -0.05) is 18.3 Å². The number of aliphatic hydroxyl groups is 1. The van der Waals surface area contributed by atoms with Crippen LogP contribution in [0.5, 0.6) is 0 Å². The first-order valence-corrected chi connectivity index (χ1v) is 6.71. The van der Waals surface area contributed by atoms with E-state index in [0.717, 1.165) is 15.4 Å². The highest BCUT2D eigenvalue weighted by molar-refractivity contribution is 7.09. The Bertz CT molecular complexity index is 439. The van der Waals surface area contributed by atoms with E-state index in [1.807, 2.05) is 0 Å². The van der Waals surface area contributed by atoms with Gasteiger partial charge in [-0.15, -0.1) is 16.4 Å². The van der Waals surface area contributed by atoms with Crippen molar-refractivity contribution in [1.82, 2.24) is 14.6 Å². The van der Waals surface area contributed by atoms with Gasteiger partial charge in [0.1, 0.15) is 0 Å². The molecule has 16 heavy (non-hydrogen) atoms. The maximum absolute atomic E-state index is 10.1. The first kappa shape index (κ1) is 11.6. The largest absolute Gasteiger partial charge is 0.387 e. The van der Waals surface area contributed by atoms with E-state index in [0.29, 0.717) is 12.3 Å². The van der Waals surface area contributed by atoms with Gasteiger partial charge in [0, 0.05) is 17.5 Å². The number of hydrogen-bond donors (Lipinski definition) is 1. The Morgan fingerprint density at radius 3 is 2.88 bits per heavy atom. The lowest BCUT2D eigenvalue weighted by Crippen LogP contribution is -2.03. The molecule has 1 N–H and O–H groups in total. The molecule has 6 heteroatoms. The van der Waals surface area contributed by atoms with Crippen LogP contribution in [-0.2, 0) is 6.42 Å². The molecule has 0 aliphatic heterocycles. The van der Waals surface area contributed by atoms with Gasteiger partial charge in [-0.3, -0.25) is 4.98 Å². The molecule has 0 saturated carbocycles. The van der Waals surface area contributed by atoms with E-state index in [-0.39, 0.29) is 0 Å². The van der Waals surface area contributed by atoms with Crippen molar-refractivity contribution in [3.63, 3.8) is 0 Å². The summed E-state index contributed by atoms with van der Waals surface area (Å²) in [5.41, 5.74) is 2.68. The smallest absolute Gasteiger partial charge is 0.0965 e. The molecule has 2 rings (SSSR count). The Morgan fingerprint density at radius 1 is 1.44 bits per heavy atom. The lowest BCUT2D eigenvalue weighted by Gasteiger charge is -2.09. The molecule has 4 nitrogen and oxygen atoms in total. The fourth-order valence-electron chi connectivity index (χ4n) is 1.46. The molecule has 0 fully saturated rings. The molecule has 0 spiro atoms. The molecular weight excluding hydrogens is 242 g/mol. The molecule has 86 valence electrons. The second-order valence-electron chi connectivity index (χ2n) is 3.86. The van der Waals surface area contributed by atoms with Crippen molar-refractivity contribution in [1.29, 1.82) is 0 Å². The predicted molar refractivity (Wildman–Crippen MR) is 64.8 cm³/mol. The second kappa shape index (κ2) is 4.99. The third kappa shape index (κ3) is 2.45. The fourth-order valence-corrected chi connectivity index (χ4v) is 2.89. The summed E-state index contributed by atoms with van der Waals surface area (Å²) in [5, 5.41) is 14.2. The lowest BCUT2D eigenvalue weighted by molar-refractivity contribution is 0.181. The van der Waals surface area contributed by atoms with Gasteiger partial charge in [-0.05, 0) is 17.5 Å². The van der Waals surface area contributed by atoms with Gasteiger partial charge in [0.15, 0.2) is 0 Å². The summed E-state index contributed by atoms with van der Waals surface area (Å²) < 4.78 is 3.91. The fraction of sp³-hybridized carbons (Fsp3) is 0.500. The zero-order valence-electron chi connectivity index (χ0n) is 9.12. The maximum atomic E-state index is 10.1. The number of thiazole rings is 1. The third-order valence-electron chi connectivity index (χ3n) is 2.27. The minimum absolute atomic E-state index is 0.296. The van der Waals surface area contributed by atoms with Gasteiger partial charge in [0.25, 0.3) is 0 Å². The standard InChI is InChI=1S/C10H13N3OS2/c1-6(2)9-10(16-13-12-9)8(14)3-7-4-11-5-15-7/h4-6,8,14H,3H2,1-2H3. The van der Waals surface area contributed by atoms with Crippen LogP contribution in [0.4, 0.5) is 0 Å². The number of nitrogens with zero attached hydrogens (tertiary/aromatic N) is 3. The van der Waals surface area contributed by atoms with E-state index in [4.69, 9.17) is 0 Å². The van der Waals surface area contributed by atoms with Crippen LogP contribution in [0.2, 0.25) is 0 Å². The van der Waals surface area contributed by atoms with Crippen molar-refractivity contribution in [3.05, 3.63) is 27.2 Å². The SMILES string of the molecule is CC(C)c1nnsc1C(O)Cc1cncs1. The normalized spacial score (nSPS) is 13.2. The summed E-state index contributed by atoms with van der Waals surface area (Å²) >= 11 is 2.84. The zero-order valence-corrected chi connectivity index (χ0v) is 10.8. The van der Waals surface area contributed by atoms with Crippen LogP contribution < -0.4 is 0 Å². The monoisotopic (exact) mass is 255 g/mol. The summed E-state index contributed by atoms with van der Waals surface area (Å²) in [6, 6.07) is 0. The molecule has 0 saturated heterocycles. The summed E-state index contributed by atoms with van der Waals surface area (Å²) in [4.78, 5) is 5.95. The summed E-state index contributed by atoms with van der Waals surface area (Å²) in [5.74, 6) is 0.296. The Morgan fingerprint density at radius 2 is 2.25 bits per heavy atom. The molecular formula is C10H13N3OS2. The maximum Gasteiger partial charge on any atom is 0.0965 e. The second-order valence-corrected chi connectivity index (χ2v) is 5.62. The number of rotatable bonds is 4. The van der Waals surface area contributed by atoms with E-state index in [2.05, 4.69) is 28.4 Å². The van der Waals surface area contributed by atoms with Gasteiger partial charge in [0.05, 0.1) is 22.2 Å². The molecule has 1 atom stereocenters. The topological polar surface area (TPSA) is 58.9 Å². The molecule has 1 unspecified atom stereocenters. The quantitative estimate of drug-likeness (QED) is 0.911. The molecule has 2 heterocycles.